The summed E-state index contributed by atoms with van der Waals surface area (Å²) in [6, 6.07) is 5.24. The maximum absolute atomic E-state index is 12.6. The highest BCUT2D eigenvalue weighted by Crippen LogP contribution is 2.24. The zero-order chi connectivity index (χ0) is 19.6. The predicted octanol–water partition coefficient (Wildman–Crippen LogP) is 3.84. The van der Waals surface area contributed by atoms with Crippen LogP contribution in [0.4, 0.5) is 0 Å². The molecule has 0 saturated heterocycles. The van der Waals surface area contributed by atoms with Gasteiger partial charge in [-0.05, 0) is 49.7 Å². The van der Waals surface area contributed by atoms with Crippen molar-refractivity contribution in [3.05, 3.63) is 28.2 Å². The third-order valence-electron chi connectivity index (χ3n) is 4.44. The van der Waals surface area contributed by atoms with Gasteiger partial charge in [0.15, 0.2) is 5.11 Å². The Morgan fingerprint density at radius 2 is 1.96 bits per heavy atom. The molecule has 0 atom stereocenters. The number of amides is 2. The van der Waals surface area contributed by atoms with Crippen LogP contribution in [-0.2, 0) is 4.79 Å². The Hall–Kier alpha value is -1.67. The van der Waals surface area contributed by atoms with Crippen LogP contribution in [0.15, 0.2) is 22.7 Å². The summed E-state index contributed by atoms with van der Waals surface area (Å²) in [5, 5.41) is 2.62. The number of rotatable bonds is 6. The monoisotopic (exact) mass is 455 g/mol. The molecule has 0 heterocycles. The second-order valence-corrected chi connectivity index (χ2v) is 7.90. The van der Waals surface area contributed by atoms with Gasteiger partial charge < -0.3 is 4.74 Å². The number of unbranched alkanes of at least 4 members (excludes halogenated alkanes) is 1. The summed E-state index contributed by atoms with van der Waals surface area (Å²) in [6.07, 6.45) is 7.02. The zero-order valence-corrected chi connectivity index (χ0v) is 17.9. The van der Waals surface area contributed by atoms with E-state index >= 15 is 0 Å². The van der Waals surface area contributed by atoms with E-state index in [4.69, 9.17) is 17.0 Å². The van der Waals surface area contributed by atoms with Crippen LogP contribution >= 0.6 is 28.1 Å². The maximum atomic E-state index is 12.6. The molecule has 1 aliphatic carbocycles. The molecule has 0 radical (unpaired) electrons. The first kappa shape index (κ1) is 21.6. The Labute approximate surface area is 173 Å². The molecule has 0 spiro atoms. The molecule has 1 saturated carbocycles. The molecule has 2 amide bonds. The van der Waals surface area contributed by atoms with Gasteiger partial charge in [-0.25, -0.2) is 0 Å². The molecule has 1 aromatic carbocycles. The standard InChI is InChI=1S/C19H26BrN3O3S/c1-2-3-11-26-16-10-9-14(20)12-15(16)18(25)21-19(27)23-22-17(24)13-7-5-4-6-8-13/h9-10,12-13H,2-8,11H2,1H3,(H,22,24)(H2,21,23,25,27). The molecule has 1 aromatic rings. The van der Waals surface area contributed by atoms with Gasteiger partial charge in [0.1, 0.15) is 5.75 Å². The minimum atomic E-state index is -0.396. The molecule has 0 bridgehead atoms. The fourth-order valence-electron chi connectivity index (χ4n) is 2.92. The van der Waals surface area contributed by atoms with E-state index in [2.05, 4.69) is 39.0 Å². The Kier molecular flexibility index (Phi) is 9.00. The van der Waals surface area contributed by atoms with Crippen molar-refractivity contribution in [1.29, 1.82) is 0 Å². The zero-order valence-electron chi connectivity index (χ0n) is 15.5. The lowest BCUT2D eigenvalue weighted by Gasteiger charge is -2.21. The fraction of sp³-hybridized carbons (Fsp3) is 0.526. The largest absolute Gasteiger partial charge is 0.493 e. The van der Waals surface area contributed by atoms with Crippen LogP contribution in [0.1, 0.15) is 62.2 Å². The van der Waals surface area contributed by atoms with Crippen molar-refractivity contribution < 1.29 is 14.3 Å². The van der Waals surface area contributed by atoms with Gasteiger partial charge in [0.2, 0.25) is 5.91 Å². The van der Waals surface area contributed by atoms with E-state index in [0.717, 1.165) is 43.0 Å². The van der Waals surface area contributed by atoms with Gasteiger partial charge in [0.05, 0.1) is 12.2 Å². The second-order valence-electron chi connectivity index (χ2n) is 6.57. The minimum absolute atomic E-state index is 0.00778. The number of thiocarbonyl (C=S) groups is 1. The highest BCUT2D eigenvalue weighted by atomic mass is 79.9. The average Bonchev–Trinajstić information content (AvgIpc) is 2.68. The lowest BCUT2D eigenvalue weighted by molar-refractivity contribution is -0.126. The van der Waals surface area contributed by atoms with Crippen LogP contribution in [0.2, 0.25) is 0 Å². The molecule has 1 fully saturated rings. The molecule has 8 heteroatoms. The number of benzene rings is 1. The average molecular weight is 456 g/mol. The van der Waals surface area contributed by atoms with E-state index in [0.29, 0.717) is 17.9 Å². The van der Waals surface area contributed by atoms with Crippen molar-refractivity contribution in [3.8, 4) is 5.75 Å². The van der Waals surface area contributed by atoms with Gasteiger partial charge in [-0.1, -0.05) is 48.5 Å². The van der Waals surface area contributed by atoms with E-state index in [-0.39, 0.29) is 16.9 Å². The molecule has 1 aliphatic rings. The van der Waals surface area contributed by atoms with Crippen molar-refractivity contribution in [2.45, 2.75) is 51.9 Å². The van der Waals surface area contributed by atoms with E-state index in [1.807, 2.05) is 6.07 Å². The van der Waals surface area contributed by atoms with E-state index < -0.39 is 5.91 Å². The lowest BCUT2D eigenvalue weighted by atomic mass is 9.89. The Morgan fingerprint density at radius 1 is 1.22 bits per heavy atom. The number of carbonyl (C=O) groups excluding carboxylic acids is 2. The van der Waals surface area contributed by atoms with Crippen molar-refractivity contribution in [2.24, 2.45) is 5.92 Å². The van der Waals surface area contributed by atoms with Gasteiger partial charge in [-0.15, -0.1) is 0 Å². The van der Waals surface area contributed by atoms with E-state index in [9.17, 15) is 9.59 Å². The predicted molar refractivity (Wildman–Crippen MR) is 112 cm³/mol. The minimum Gasteiger partial charge on any atom is -0.493 e. The molecule has 27 heavy (non-hydrogen) atoms. The van der Waals surface area contributed by atoms with Gasteiger partial charge in [-0.2, -0.15) is 0 Å². The third-order valence-corrected chi connectivity index (χ3v) is 5.14. The van der Waals surface area contributed by atoms with E-state index in [1.165, 1.54) is 6.42 Å². The van der Waals surface area contributed by atoms with E-state index in [1.54, 1.807) is 12.1 Å². The molecule has 148 valence electrons. The molecular formula is C19H26BrN3O3S. The summed E-state index contributed by atoms with van der Waals surface area (Å²) in [5.74, 6) is 0.0242. The third kappa shape index (κ3) is 7.10. The highest BCUT2D eigenvalue weighted by molar-refractivity contribution is 9.10. The van der Waals surface area contributed by atoms with Crippen molar-refractivity contribution >= 4 is 45.1 Å². The Balaban J connectivity index is 1.88. The lowest BCUT2D eigenvalue weighted by Crippen LogP contribution is -2.50. The van der Waals surface area contributed by atoms with Crippen LogP contribution in [0, 0.1) is 5.92 Å². The number of hydrogen-bond acceptors (Lipinski definition) is 4. The van der Waals surface area contributed by atoms with Crippen LogP contribution in [-0.4, -0.2) is 23.5 Å². The first-order valence-electron chi connectivity index (χ1n) is 9.34. The maximum Gasteiger partial charge on any atom is 0.261 e. The van der Waals surface area contributed by atoms with Gasteiger partial charge >= 0.3 is 0 Å². The fourth-order valence-corrected chi connectivity index (χ4v) is 3.42. The van der Waals surface area contributed by atoms with Crippen LogP contribution in [0.5, 0.6) is 5.75 Å². The second kappa shape index (κ2) is 11.2. The van der Waals surface area contributed by atoms with Gasteiger partial charge in [-0.3, -0.25) is 25.8 Å². The van der Waals surface area contributed by atoms with Gasteiger partial charge in [0.25, 0.3) is 5.91 Å². The van der Waals surface area contributed by atoms with Crippen molar-refractivity contribution in [1.82, 2.24) is 16.2 Å². The Morgan fingerprint density at radius 3 is 2.67 bits per heavy atom. The molecule has 3 N–H and O–H groups in total. The molecule has 2 rings (SSSR count). The topological polar surface area (TPSA) is 79.5 Å². The van der Waals surface area contributed by atoms with Crippen molar-refractivity contribution in [3.63, 3.8) is 0 Å². The normalized spacial score (nSPS) is 14.3. The number of halogens is 1. The first-order valence-corrected chi connectivity index (χ1v) is 10.5. The molecule has 6 nitrogen and oxygen atoms in total. The summed E-state index contributed by atoms with van der Waals surface area (Å²) in [5.41, 5.74) is 5.58. The summed E-state index contributed by atoms with van der Waals surface area (Å²) in [4.78, 5) is 24.7. The number of nitrogens with one attached hydrogen (secondary N) is 3. The number of carbonyl (C=O) groups is 2. The number of ether oxygens (including phenoxy) is 1. The number of hydrazine groups is 1. The molecule has 0 aromatic heterocycles. The quantitative estimate of drug-likeness (QED) is 0.344. The highest BCUT2D eigenvalue weighted by Gasteiger charge is 2.21. The Bertz CT molecular complexity index is 678. The summed E-state index contributed by atoms with van der Waals surface area (Å²) in [6.45, 7) is 2.61. The number of hydrogen-bond donors (Lipinski definition) is 3. The molecule has 0 aliphatic heterocycles. The van der Waals surface area contributed by atoms with Crippen molar-refractivity contribution in [2.75, 3.05) is 6.61 Å². The molecule has 0 unspecified atom stereocenters. The first-order chi connectivity index (χ1) is 13.0. The summed E-state index contributed by atoms with van der Waals surface area (Å²) >= 11 is 8.49. The molecular weight excluding hydrogens is 430 g/mol. The van der Waals surface area contributed by atoms with Gasteiger partial charge in [0, 0.05) is 10.4 Å². The van der Waals surface area contributed by atoms with Crippen LogP contribution in [0.3, 0.4) is 0 Å². The SMILES string of the molecule is CCCCOc1ccc(Br)cc1C(=O)NC(=S)NNC(=O)C1CCCCC1. The van der Waals surface area contributed by atoms with Crippen LogP contribution < -0.4 is 20.9 Å². The van der Waals surface area contributed by atoms with Crippen LogP contribution in [0.25, 0.3) is 0 Å². The smallest absolute Gasteiger partial charge is 0.261 e. The summed E-state index contributed by atoms with van der Waals surface area (Å²) in [7, 11) is 0. The summed E-state index contributed by atoms with van der Waals surface area (Å²) < 4.78 is 6.46.